The van der Waals surface area contributed by atoms with E-state index < -0.39 is 5.91 Å². The first kappa shape index (κ1) is 13.2. The van der Waals surface area contributed by atoms with Crippen LogP contribution in [0.1, 0.15) is 15.9 Å². The van der Waals surface area contributed by atoms with Crippen LogP contribution in [-0.4, -0.2) is 23.9 Å². The zero-order valence-corrected chi connectivity index (χ0v) is 9.93. The lowest BCUT2D eigenvalue weighted by Crippen LogP contribution is -2.23. The van der Waals surface area contributed by atoms with E-state index in [9.17, 15) is 4.79 Å². The van der Waals surface area contributed by atoms with Gasteiger partial charge in [0.05, 0.1) is 0 Å². The topological polar surface area (TPSA) is 46.3 Å². The van der Waals surface area contributed by atoms with Crippen LogP contribution >= 0.6 is 0 Å². The second-order valence-electron chi connectivity index (χ2n) is 3.84. The van der Waals surface area contributed by atoms with Crippen LogP contribution in [0.3, 0.4) is 0 Å². The molecular formula is C14H18N2O. The molecule has 0 atom stereocenters. The third-order valence-electron chi connectivity index (χ3n) is 2.39. The van der Waals surface area contributed by atoms with Crippen molar-refractivity contribution in [3.8, 4) is 0 Å². The van der Waals surface area contributed by atoms with Gasteiger partial charge in [-0.25, -0.2) is 0 Å². The van der Waals surface area contributed by atoms with E-state index >= 15 is 0 Å². The summed E-state index contributed by atoms with van der Waals surface area (Å²) in [6.07, 6.45) is 3.70. The summed E-state index contributed by atoms with van der Waals surface area (Å²) in [5.41, 5.74) is 6.85. The van der Waals surface area contributed by atoms with E-state index in [2.05, 4.69) is 18.1 Å². The summed E-state index contributed by atoms with van der Waals surface area (Å²) in [5.74, 6) is -0.397. The molecule has 17 heavy (non-hydrogen) atoms. The fraction of sp³-hybridized carbons (Fsp3) is 0.214. The standard InChI is InChI=1S/C14H18N2O/c1-3-8-16(9-4-2)11-12-6-5-7-13(10-12)14(15)17/h3-7,10H,1-2,8-9,11H2,(H2,15,17). The highest BCUT2D eigenvalue weighted by molar-refractivity contribution is 5.92. The number of carbonyl (C=O) groups is 1. The van der Waals surface area contributed by atoms with Crippen molar-refractivity contribution in [1.29, 1.82) is 0 Å². The Kier molecular flexibility index (Phi) is 5.17. The number of carbonyl (C=O) groups excluding carboxylic acids is 1. The number of amides is 1. The summed E-state index contributed by atoms with van der Waals surface area (Å²) >= 11 is 0. The number of hydrogen-bond acceptors (Lipinski definition) is 2. The van der Waals surface area contributed by atoms with Gasteiger partial charge in [-0.1, -0.05) is 24.3 Å². The molecule has 0 unspecified atom stereocenters. The van der Waals surface area contributed by atoms with Gasteiger partial charge in [0, 0.05) is 25.2 Å². The molecule has 1 amide bonds. The molecule has 0 spiro atoms. The van der Waals surface area contributed by atoms with Crippen LogP contribution in [0.4, 0.5) is 0 Å². The Morgan fingerprint density at radius 1 is 1.29 bits per heavy atom. The molecule has 1 rings (SSSR count). The molecule has 0 radical (unpaired) electrons. The summed E-state index contributed by atoms with van der Waals surface area (Å²) in [7, 11) is 0. The molecule has 0 saturated heterocycles. The van der Waals surface area contributed by atoms with Crippen molar-refractivity contribution >= 4 is 5.91 Å². The number of nitrogens with two attached hydrogens (primary N) is 1. The van der Waals surface area contributed by atoms with Crippen LogP contribution in [0.25, 0.3) is 0 Å². The maximum absolute atomic E-state index is 11.1. The summed E-state index contributed by atoms with van der Waals surface area (Å²) in [4.78, 5) is 13.2. The first-order chi connectivity index (χ1) is 8.17. The molecule has 2 N–H and O–H groups in total. The molecule has 0 aliphatic rings. The lowest BCUT2D eigenvalue weighted by Gasteiger charge is -2.18. The van der Waals surface area contributed by atoms with Gasteiger partial charge in [0.2, 0.25) is 5.91 Å². The summed E-state index contributed by atoms with van der Waals surface area (Å²) in [5, 5.41) is 0. The van der Waals surface area contributed by atoms with Crippen molar-refractivity contribution < 1.29 is 4.79 Å². The van der Waals surface area contributed by atoms with E-state index in [1.54, 1.807) is 6.07 Å². The Labute approximate surface area is 102 Å². The van der Waals surface area contributed by atoms with Gasteiger partial charge in [-0.3, -0.25) is 9.69 Å². The maximum atomic E-state index is 11.1. The van der Waals surface area contributed by atoms with Crippen molar-refractivity contribution in [2.45, 2.75) is 6.54 Å². The maximum Gasteiger partial charge on any atom is 0.248 e. The average Bonchev–Trinajstić information content (AvgIpc) is 2.30. The van der Waals surface area contributed by atoms with E-state index in [4.69, 9.17) is 5.73 Å². The predicted octanol–water partition coefficient (Wildman–Crippen LogP) is 1.96. The van der Waals surface area contributed by atoms with Crippen LogP contribution in [0.5, 0.6) is 0 Å². The van der Waals surface area contributed by atoms with Crippen LogP contribution < -0.4 is 5.73 Å². The first-order valence-electron chi connectivity index (χ1n) is 5.50. The number of primary amides is 1. The van der Waals surface area contributed by atoms with Gasteiger partial charge in [-0.2, -0.15) is 0 Å². The van der Waals surface area contributed by atoms with Crippen molar-refractivity contribution in [2.75, 3.05) is 13.1 Å². The van der Waals surface area contributed by atoms with Gasteiger partial charge in [0.1, 0.15) is 0 Å². The summed E-state index contributed by atoms with van der Waals surface area (Å²) in [6.45, 7) is 9.76. The van der Waals surface area contributed by atoms with Crippen LogP contribution in [0.2, 0.25) is 0 Å². The van der Waals surface area contributed by atoms with E-state index in [0.29, 0.717) is 5.56 Å². The molecule has 1 aromatic carbocycles. The smallest absolute Gasteiger partial charge is 0.248 e. The number of hydrogen-bond donors (Lipinski definition) is 1. The van der Waals surface area contributed by atoms with Gasteiger partial charge < -0.3 is 5.73 Å². The molecule has 0 saturated carbocycles. The van der Waals surface area contributed by atoms with Gasteiger partial charge >= 0.3 is 0 Å². The van der Waals surface area contributed by atoms with Crippen molar-refractivity contribution in [3.05, 3.63) is 60.7 Å². The normalized spacial score (nSPS) is 10.2. The highest BCUT2D eigenvalue weighted by Crippen LogP contribution is 2.08. The Hall–Kier alpha value is -1.87. The fourth-order valence-electron chi connectivity index (χ4n) is 1.65. The first-order valence-corrected chi connectivity index (χ1v) is 5.50. The van der Waals surface area contributed by atoms with Gasteiger partial charge in [-0.05, 0) is 17.7 Å². The summed E-state index contributed by atoms with van der Waals surface area (Å²) in [6, 6.07) is 7.36. The van der Waals surface area contributed by atoms with Crippen LogP contribution in [-0.2, 0) is 6.54 Å². The van der Waals surface area contributed by atoms with E-state index in [1.807, 2.05) is 30.4 Å². The van der Waals surface area contributed by atoms with Crippen molar-refractivity contribution in [2.24, 2.45) is 5.73 Å². The largest absolute Gasteiger partial charge is 0.366 e. The van der Waals surface area contributed by atoms with Gasteiger partial charge in [-0.15, -0.1) is 13.2 Å². The van der Waals surface area contributed by atoms with Crippen LogP contribution in [0.15, 0.2) is 49.6 Å². The van der Waals surface area contributed by atoms with Gasteiger partial charge in [0.25, 0.3) is 0 Å². The second-order valence-corrected chi connectivity index (χ2v) is 3.84. The van der Waals surface area contributed by atoms with E-state index in [0.717, 1.165) is 25.2 Å². The second kappa shape index (κ2) is 6.66. The highest BCUT2D eigenvalue weighted by Gasteiger charge is 2.05. The average molecular weight is 230 g/mol. The Bertz CT molecular complexity index is 402. The molecule has 3 heteroatoms. The van der Waals surface area contributed by atoms with Crippen molar-refractivity contribution in [1.82, 2.24) is 4.90 Å². The minimum absolute atomic E-state index is 0.397. The minimum atomic E-state index is -0.397. The molecule has 0 aliphatic heterocycles. The Morgan fingerprint density at radius 2 is 1.94 bits per heavy atom. The minimum Gasteiger partial charge on any atom is -0.366 e. The molecule has 1 aromatic rings. The molecule has 90 valence electrons. The monoisotopic (exact) mass is 230 g/mol. The van der Waals surface area contributed by atoms with Gasteiger partial charge in [0.15, 0.2) is 0 Å². The lowest BCUT2D eigenvalue weighted by atomic mass is 10.1. The van der Waals surface area contributed by atoms with Crippen LogP contribution in [0, 0.1) is 0 Å². The predicted molar refractivity (Wildman–Crippen MR) is 70.6 cm³/mol. The zero-order valence-electron chi connectivity index (χ0n) is 9.93. The third kappa shape index (κ3) is 4.25. The fourth-order valence-corrected chi connectivity index (χ4v) is 1.65. The molecule has 0 fully saturated rings. The zero-order chi connectivity index (χ0) is 12.7. The van der Waals surface area contributed by atoms with E-state index in [-0.39, 0.29) is 0 Å². The third-order valence-corrected chi connectivity index (χ3v) is 2.39. The molecule has 0 bridgehead atoms. The Morgan fingerprint density at radius 3 is 2.47 bits per heavy atom. The molecule has 0 aromatic heterocycles. The molecule has 3 nitrogen and oxygen atoms in total. The quantitative estimate of drug-likeness (QED) is 0.728. The molecular weight excluding hydrogens is 212 g/mol. The number of benzene rings is 1. The number of rotatable bonds is 7. The Balaban J connectivity index is 2.77. The summed E-state index contributed by atoms with van der Waals surface area (Å²) < 4.78 is 0. The van der Waals surface area contributed by atoms with E-state index in [1.165, 1.54) is 0 Å². The van der Waals surface area contributed by atoms with Crippen molar-refractivity contribution in [3.63, 3.8) is 0 Å². The number of nitrogens with zero attached hydrogens (tertiary/aromatic N) is 1. The molecule has 0 aliphatic carbocycles. The highest BCUT2D eigenvalue weighted by atomic mass is 16.1. The molecule has 0 heterocycles. The lowest BCUT2D eigenvalue weighted by molar-refractivity contribution is 0.1000. The SMILES string of the molecule is C=CCN(CC=C)Cc1cccc(C(N)=O)c1.